The zero-order chi connectivity index (χ0) is 8.55. The fraction of sp³-hybridized carbons (Fsp3) is 1.00. The van der Waals surface area contributed by atoms with Crippen molar-refractivity contribution in [2.24, 2.45) is 5.92 Å². The van der Waals surface area contributed by atoms with Crippen molar-refractivity contribution in [3.8, 4) is 0 Å². The van der Waals surface area contributed by atoms with E-state index in [9.17, 15) is 0 Å². The van der Waals surface area contributed by atoms with E-state index in [0.29, 0.717) is 0 Å². The molecule has 1 nitrogen and oxygen atoms in total. The largest absolute Gasteiger partial charge is 0.310 e. The van der Waals surface area contributed by atoms with Crippen molar-refractivity contribution in [2.75, 3.05) is 6.26 Å². The minimum Gasteiger partial charge on any atom is -0.310 e. The lowest BCUT2D eigenvalue weighted by atomic mass is 9.80. The van der Waals surface area contributed by atoms with E-state index in [1.165, 1.54) is 25.7 Å². The standard InChI is InChI=1S/C10H19NS/c1-7-5-8(6-7)11-9-3-4-10(9)12-2/h7-11H,3-6H2,1-2H3. The lowest BCUT2D eigenvalue weighted by Crippen LogP contribution is -2.53. The Morgan fingerprint density at radius 3 is 2.42 bits per heavy atom. The maximum atomic E-state index is 3.76. The van der Waals surface area contributed by atoms with Crippen molar-refractivity contribution in [3.63, 3.8) is 0 Å². The molecule has 1 N–H and O–H groups in total. The zero-order valence-electron chi connectivity index (χ0n) is 8.05. The summed E-state index contributed by atoms with van der Waals surface area (Å²) in [6.07, 6.45) is 7.91. The predicted octanol–water partition coefficient (Wildman–Crippen LogP) is 2.27. The van der Waals surface area contributed by atoms with Gasteiger partial charge in [-0.05, 0) is 37.9 Å². The fourth-order valence-electron chi connectivity index (χ4n) is 2.28. The van der Waals surface area contributed by atoms with Crippen LogP contribution in [0.25, 0.3) is 0 Å². The van der Waals surface area contributed by atoms with Crippen LogP contribution in [0.2, 0.25) is 0 Å². The van der Waals surface area contributed by atoms with E-state index < -0.39 is 0 Å². The van der Waals surface area contributed by atoms with E-state index in [1.807, 2.05) is 11.8 Å². The van der Waals surface area contributed by atoms with Gasteiger partial charge in [-0.1, -0.05) is 6.92 Å². The van der Waals surface area contributed by atoms with Gasteiger partial charge in [-0.3, -0.25) is 0 Å². The lowest BCUT2D eigenvalue weighted by Gasteiger charge is -2.43. The smallest absolute Gasteiger partial charge is 0.0199 e. The molecular weight excluding hydrogens is 166 g/mol. The Morgan fingerprint density at radius 2 is 2.00 bits per heavy atom. The second-order valence-corrected chi connectivity index (χ2v) is 5.48. The van der Waals surface area contributed by atoms with Crippen LogP contribution in [0.3, 0.4) is 0 Å². The van der Waals surface area contributed by atoms with Crippen molar-refractivity contribution in [1.29, 1.82) is 0 Å². The summed E-state index contributed by atoms with van der Waals surface area (Å²) in [7, 11) is 0. The van der Waals surface area contributed by atoms with Gasteiger partial charge in [0.2, 0.25) is 0 Å². The average molecular weight is 185 g/mol. The van der Waals surface area contributed by atoms with Crippen molar-refractivity contribution in [2.45, 2.75) is 49.9 Å². The monoisotopic (exact) mass is 185 g/mol. The molecule has 0 heterocycles. The summed E-state index contributed by atoms with van der Waals surface area (Å²) in [5, 5.41) is 4.68. The predicted molar refractivity (Wildman–Crippen MR) is 55.6 cm³/mol. The molecule has 2 fully saturated rings. The molecule has 0 aromatic heterocycles. The van der Waals surface area contributed by atoms with E-state index in [2.05, 4.69) is 18.5 Å². The van der Waals surface area contributed by atoms with Crippen LogP contribution < -0.4 is 5.32 Å². The summed E-state index contributed by atoms with van der Waals surface area (Å²) in [4.78, 5) is 0. The van der Waals surface area contributed by atoms with E-state index in [-0.39, 0.29) is 0 Å². The molecular formula is C10H19NS. The third kappa shape index (κ3) is 1.64. The molecule has 2 unspecified atom stereocenters. The summed E-state index contributed by atoms with van der Waals surface area (Å²) >= 11 is 2.03. The highest BCUT2D eigenvalue weighted by atomic mass is 32.2. The first-order valence-corrected chi connectivity index (χ1v) is 6.37. The Morgan fingerprint density at radius 1 is 1.25 bits per heavy atom. The molecule has 0 aromatic carbocycles. The van der Waals surface area contributed by atoms with Gasteiger partial charge >= 0.3 is 0 Å². The van der Waals surface area contributed by atoms with Gasteiger partial charge in [-0.2, -0.15) is 11.8 Å². The Hall–Kier alpha value is 0.310. The molecule has 2 heteroatoms. The molecule has 0 radical (unpaired) electrons. The molecule has 2 aliphatic rings. The van der Waals surface area contributed by atoms with Gasteiger partial charge in [0.05, 0.1) is 0 Å². The van der Waals surface area contributed by atoms with Crippen LogP contribution in [0.4, 0.5) is 0 Å². The quantitative estimate of drug-likeness (QED) is 0.724. The summed E-state index contributed by atoms with van der Waals surface area (Å²) in [5.41, 5.74) is 0. The Balaban J connectivity index is 1.67. The SMILES string of the molecule is CSC1CCC1NC1CC(C)C1. The molecule has 0 spiro atoms. The van der Waals surface area contributed by atoms with Crippen LogP contribution >= 0.6 is 11.8 Å². The zero-order valence-corrected chi connectivity index (χ0v) is 8.86. The van der Waals surface area contributed by atoms with Crippen LogP contribution in [0.5, 0.6) is 0 Å². The molecule has 12 heavy (non-hydrogen) atoms. The minimum absolute atomic E-state index is 0.845. The maximum Gasteiger partial charge on any atom is 0.0199 e. The van der Waals surface area contributed by atoms with Gasteiger partial charge in [0.1, 0.15) is 0 Å². The Kier molecular flexibility index (Phi) is 2.66. The topological polar surface area (TPSA) is 12.0 Å². The summed E-state index contributed by atoms with van der Waals surface area (Å²) in [6.45, 7) is 2.35. The van der Waals surface area contributed by atoms with Crippen LogP contribution in [0, 0.1) is 5.92 Å². The summed E-state index contributed by atoms with van der Waals surface area (Å²) < 4.78 is 0. The molecule has 0 amide bonds. The highest BCUT2D eigenvalue weighted by Gasteiger charge is 2.34. The van der Waals surface area contributed by atoms with Gasteiger partial charge < -0.3 is 5.32 Å². The van der Waals surface area contributed by atoms with Crippen molar-refractivity contribution >= 4 is 11.8 Å². The van der Waals surface area contributed by atoms with E-state index in [4.69, 9.17) is 0 Å². The average Bonchev–Trinajstić information content (AvgIpc) is 1.94. The van der Waals surface area contributed by atoms with Gasteiger partial charge in [0.15, 0.2) is 0 Å². The molecule has 2 rings (SSSR count). The fourth-order valence-corrected chi connectivity index (χ4v) is 3.20. The van der Waals surface area contributed by atoms with Crippen molar-refractivity contribution < 1.29 is 0 Å². The molecule has 2 aliphatic carbocycles. The normalized spacial score (nSPS) is 46.5. The van der Waals surface area contributed by atoms with E-state index in [1.54, 1.807) is 0 Å². The van der Waals surface area contributed by atoms with Gasteiger partial charge in [-0.25, -0.2) is 0 Å². The number of hydrogen-bond acceptors (Lipinski definition) is 2. The second-order valence-electron chi connectivity index (χ2n) is 4.40. The Labute approximate surface area is 79.7 Å². The molecule has 0 aromatic rings. The third-order valence-electron chi connectivity index (χ3n) is 3.34. The lowest BCUT2D eigenvalue weighted by molar-refractivity contribution is 0.194. The molecule has 70 valence electrons. The van der Waals surface area contributed by atoms with Crippen LogP contribution in [-0.4, -0.2) is 23.6 Å². The Bertz CT molecular complexity index is 152. The van der Waals surface area contributed by atoms with Crippen LogP contribution in [0.15, 0.2) is 0 Å². The van der Waals surface area contributed by atoms with Crippen molar-refractivity contribution in [1.82, 2.24) is 5.32 Å². The number of thioether (sulfide) groups is 1. The minimum atomic E-state index is 0.845. The van der Waals surface area contributed by atoms with Crippen LogP contribution in [-0.2, 0) is 0 Å². The van der Waals surface area contributed by atoms with Crippen LogP contribution in [0.1, 0.15) is 32.6 Å². The summed E-state index contributed by atoms with van der Waals surface area (Å²) in [5.74, 6) is 0.982. The third-order valence-corrected chi connectivity index (χ3v) is 4.51. The molecule has 2 atom stereocenters. The van der Waals surface area contributed by atoms with Gasteiger partial charge in [-0.15, -0.1) is 0 Å². The maximum absolute atomic E-state index is 3.76. The first-order chi connectivity index (χ1) is 5.79. The molecule has 0 saturated heterocycles. The highest BCUT2D eigenvalue weighted by Crippen LogP contribution is 2.34. The summed E-state index contributed by atoms with van der Waals surface area (Å²) in [6, 6.07) is 1.71. The molecule has 2 saturated carbocycles. The molecule has 0 aliphatic heterocycles. The number of nitrogens with one attached hydrogen (secondary N) is 1. The number of rotatable bonds is 3. The van der Waals surface area contributed by atoms with Gasteiger partial charge in [0.25, 0.3) is 0 Å². The van der Waals surface area contributed by atoms with Gasteiger partial charge in [0, 0.05) is 17.3 Å². The second kappa shape index (κ2) is 3.59. The first kappa shape index (κ1) is 8.89. The van der Waals surface area contributed by atoms with Crippen molar-refractivity contribution in [3.05, 3.63) is 0 Å². The van der Waals surface area contributed by atoms with E-state index in [0.717, 1.165) is 23.3 Å². The number of hydrogen-bond donors (Lipinski definition) is 1. The van der Waals surface area contributed by atoms with E-state index >= 15 is 0 Å². The highest BCUT2D eigenvalue weighted by molar-refractivity contribution is 7.99. The first-order valence-electron chi connectivity index (χ1n) is 5.08. The molecule has 0 bridgehead atoms.